The van der Waals surface area contributed by atoms with E-state index in [0.717, 1.165) is 4.90 Å². The molecule has 0 spiro atoms. The van der Waals surface area contributed by atoms with Crippen LogP contribution in [0.2, 0.25) is 0 Å². The minimum absolute atomic E-state index is 0.0956. The number of esters is 1. The molecule has 1 fully saturated rings. The highest BCUT2D eigenvalue weighted by Gasteiger charge is 2.44. The predicted molar refractivity (Wildman–Crippen MR) is 106 cm³/mol. The molecular formula is C22H27F4NO5. The summed E-state index contributed by atoms with van der Waals surface area (Å²) < 4.78 is 66.4. The second kappa shape index (κ2) is 9.87. The number of halogens is 4. The number of hydrogen-bond acceptors (Lipinski definition) is 5. The first kappa shape index (κ1) is 25.6. The summed E-state index contributed by atoms with van der Waals surface area (Å²) in [6.45, 7) is 7.60. The largest absolute Gasteiger partial charge is 0.466 e. The molecule has 3 atom stereocenters. The number of Topliss-reactive ketones (excluding diaryl/α,β-unsaturated/α-hetero) is 1. The molecule has 1 aromatic rings. The summed E-state index contributed by atoms with van der Waals surface area (Å²) in [5, 5.41) is 0. The molecule has 1 amide bonds. The lowest BCUT2D eigenvalue weighted by atomic mass is 9.91. The summed E-state index contributed by atoms with van der Waals surface area (Å²) in [7, 11) is 0. The van der Waals surface area contributed by atoms with E-state index in [1.54, 1.807) is 27.7 Å². The fourth-order valence-electron chi connectivity index (χ4n) is 3.63. The van der Waals surface area contributed by atoms with Crippen LogP contribution in [0.4, 0.5) is 22.4 Å². The van der Waals surface area contributed by atoms with Gasteiger partial charge >= 0.3 is 12.1 Å². The lowest BCUT2D eigenvalue weighted by Gasteiger charge is -2.28. The maximum absolute atomic E-state index is 14.4. The van der Waals surface area contributed by atoms with Gasteiger partial charge in [-0.3, -0.25) is 14.5 Å². The number of carbonyl (C=O) groups excluding carboxylic acids is 3. The molecule has 2 rings (SSSR count). The monoisotopic (exact) mass is 461 g/mol. The van der Waals surface area contributed by atoms with Crippen LogP contribution in [0.5, 0.6) is 0 Å². The van der Waals surface area contributed by atoms with Gasteiger partial charge in [-0.2, -0.15) is 0 Å². The molecule has 0 aromatic heterocycles. The zero-order valence-electron chi connectivity index (χ0n) is 18.6. The van der Waals surface area contributed by atoms with Gasteiger partial charge in [-0.1, -0.05) is 6.92 Å². The third kappa shape index (κ3) is 5.77. The topological polar surface area (TPSA) is 72.9 Å². The van der Waals surface area contributed by atoms with Crippen LogP contribution in [0, 0.1) is 29.2 Å². The molecule has 0 saturated carbocycles. The van der Waals surface area contributed by atoms with E-state index in [-0.39, 0.29) is 25.5 Å². The molecule has 10 heteroatoms. The summed E-state index contributed by atoms with van der Waals surface area (Å²) >= 11 is 0. The van der Waals surface area contributed by atoms with Crippen LogP contribution in [0.1, 0.15) is 58.9 Å². The average Bonchev–Trinajstić information content (AvgIpc) is 3.11. The van der Waals surface area contributed by atoms with Crippen molar-refractivity contribution >= 4 is 17.8 Å². The van der Waals surface area contributed by atoms with Crippen LogP contribution in [-0.4, -0.2) is 47.5 Å². The maximum Gasteiger partial charge on any atom is 0.410 e. The van der Waals surface area contributed by atoms with E-state index in [1.807, 2.05) is 0 Å². The molecule has 0 radical (unpaired) electrons. The van der Waals surface area contributed by atoms with Crippen LogP contribution in [0.3, 0.4) is 0 Å². The molecular weight excluding hydrogens is 434 g/mol. The number of ketones is 1. The molecule has 3 unspecified atom stereocenters. The van der Waals surface area contributed by atoms with Gasteiger partial charge in [-0.25, -0.2) is 22.4 Å². The minimum atomic E-state index is -1.58. The first-order chi connectivity index (χ1) is 14.8. The quantitative estimate of drug-likeness (QED) is 0.355. The molecule has 178 valence electrons. The Morgan fingerprint density at radius 2 is 1.69 bits per heavy atom. The van der Waals surface area contributed by atoms with Gasteiger partial charge in [0.1, 0.15) is 5.60 Å². The van der Waals surface area contributed by atoms with E-state index in [9.17, 15) is 31.9 Å². The number of ether oxygens (including phenoxy) is 2. The molecule has 1 aromatic carbocycles. The lowest BCUT2D eigenvalue weighted by Crippen LogP contribution is -2.44. The molecule has 0 bridgehead atoms. The van der Waals surface area contributed by atoms with E-state index >= 15 is 0 Å². The van der Waals surface area contributed by atoms with Crippen molar-refractivity contribution < 1.29 is 41.4 Å². The number of benzene rings is 1. The zero-order chi connectivity index (χ0) is 24.4. The Morgan fingerprint density at radius 1 is 1.12 bits per heavy atom. The zero-order valence-corrected chi connectivity index (χ0v) is 18.6. The van der Waals surface area contributed by atoms with Gasteiger partial charge in [0.2, 0.25) is 0 Å². The van der Waals surface area contributed by atoms with Crippen LogP contribution >= 0.6 is 0 Å². The highest BCUT2D eigenvalue weighted by Crippen LogP contribution is 2.38. The normalized spacial score (nSPS) is 19.6. The minimum Gasteiger partial charge on any atom is -0.466 e. The number of rotatable bonds is 6. The number of amides is 1. The van der Waals surface area contributed by atoms with Crippen molar-refractivity contribution in [3.05, 3.63) is 34.9 Å². The maximum atomic E-state index is 14.4. The van der Waals surface area contributed by atoms with Gasteiger partial charge in [0, 0.05) is 30.5 Å². The van der Waals surface area contributed by atoms with Gasteiger partial charge in [0.25, 0.3) is 0 Å². The Bertz CT molecular complexity index is 873. The molecule has 1 aliphatic heterocycles. The second-order valence-electron chi connectivity index (χ2n) is 8.79. The fraction of sp³-hybridized carbons (Fsp3) is 0.591. The Balaban J connectivity index is 2.37. The Kier molecular flexibility index (Phi) is 7.90. The van der Waals surface area contributed by atoms with Gasteiger partial charge in [-0.15, -0.1) is 0 Å². The Hall–Kier alpha value is -2.65. The van der Waals surface area contributed by atoms with Crippen molar-refractivity contribution in [1.82, 2.24) is 4.90 Å². The van der Waals surface area contributed by atoms with E-state index in [4.69, 9.17) is 9.47 Å². The van der Waals surface area contributed by atoms with E-state index in [1.165, 1.54) is 6.92 Å². The molecule has 1 heterocycles. The van der Waals surface area contributed by atoms with Crippen LogP contribution < -0.4 is 0 Å². The number of carbonyl (C=O) groups is 3. The summed E-state index contributed by atoms with van der Waals surface area (Å²) in [6, 6.07) is -1.10. The molecule has 0 N–H and O–H groups in total. The Labute approximate surface area is 183 Å². The van der Waals surface area contributed by atoms with E-state index < -0.39 is 76.7 Å². The van der Waals surface area contributed by atoms with Crippen molar-refractivity contribution in [2.75, 3.05) is 13.2 Å². The van der Waals surface area contributed by atoms with Crippen molar-refractivity contribution in [1.29, 1.82) is 0 Å². The van der Waals surface area contributed by atoms with Crippen LogP contribution in [-0.2, 0) is 19.1 Å². The summed E-state index contributed by atoms with van der Waals surface area (Å²) in [4.78, 5) is 38.5. The summed E-state index contributed by atoms with van der Waals surface area (Å²) in [6.07, 6.45) is -1.50. The highest BCUT2D eigenvalue weighted by atomic mass is 19.2. The summed E-state index contributed by atoms with van der Waals surface area (Å²) in [5.74, 6) is -9.49. The van der Waals surface area contributed by atoms with Crippen molar-refractivity contribution in [2.45, 2.75) is 65.0 Å². The SMILES string of the molecule is CCOC(=O)C(C)CC(=O)C1CC(c2c(F)c(F)cc(F)c2F)CN1C(=O)OC(C)(C)C. The van der Waals surface area contributed by atoms with E-state index in [2.05, 4.69) is 0 Å². The lowest BCUT2D eigenvalue weighted by molar-refractivity contribution is -0.149. The summed E-state index contributed by atoms with van der Waals surface area (Å²) in [5.41, 5.74) is -1.80. The van der Waals surface area contributed by atoms with Crippen molar-refractivity contribution in [3.63, 3.8) is 0 Å². The molecule has 6 nitrogen and oxygen atoms in total. The average molecular weight is 461 g/mol. The van der Waals surface area contributed by atoms with Crippen molar-refractivity contribution in [3.8, 4) is 0 Å². The first-order valence-electron chi connectivity index (χ1n) is 10.3. The number of nitrogens with zero attached hydrogens (tertiary/aromatic N) is 1. The van der Waals surface area contributed by atoms with Crippen molar-refractivity contribution in [2.24, 2.45) is 5.92 Å². The standard InChI is InChI=1S/C22H27F4NO5/c1-6-31-20(29)11(2)7-16(28)15-8-12(10-27(15)21(30)32-22(3,4)5)17-18(25)13(23)9-14(24)19(17)26/h9,11-12,15H,6-8,10H2,1-5H3. The third-order valence-corrected chi connectivity index (χ3v) is 5.05. The third-order valence-electron chi connectivity index (χ3n) is 5.05. The molecule has 1 aliphatic rings. The fourth-order valence-corrected chi connectivity index (χ4v) is 3.63. The first-order valence-corrected chi connectivity index (χ1v) is 10.3. The van der Waals surface area contributed by atoms with Gasteiger partial charge in [0.15, 0.2) is 29.1 Å². The second-order valence-corrected chi connectivity index (χ2v) is 8.79. The van der Waals surface area contributed by atoms with Crippen LogP contribution in [0.25, 0.3) is 0 Å². The molecule has 32 heavy (non-hydrogen) atoms. The molecule has 0 aliphatic carbocycles. The number of hydrogen-bond donors (Lipinski definition) is 0. The van der Waals surface area contributed by atoms with Gasteiger partial charge < -0.3 is 9.47 Å². The predicted octanol–water partition coefficient (Wildman–Crippen LogP) is 4.49. The Morgan fingerprint density at radius 3 is 2.19 bits per heavy atom. The van der Waals surface area contributed by atoms with Gasteiger partial charge in [-0.05, 0) is 34.1 Å². The van der Waals surface area contributed by atoms with Gasteiger partial charge in [0.05, 0.1) is 18.6 Å². The smallest absolute Gasteiger partial charge is 0.410 e. The van der Waals surface area contributed by atoms with E-state index in [0.29, 0.717) is 0 Å². The van der Waals surface area contributed by atoms with Crippen LogP contribution in [0.15, 0.2) is 6.07 Å². The number of likely N-dealkylation sites (tertiary alicyclic amines) is 1. The highest BCUT2D eigenvalue weighted by molar-refractivity contribution is 5.91. The molecule has 1 saturated heterocycles.